The number of phenols is 1. The molecule has 1 atom stereocenters. The number of amides is 1. The summed E-state index contributed by atoms with van der Waals surface area (Å²) in [7, 11) is 1.44. The normalized spacial score (nSPS) is 18.5. The van der Waals surface area contributed by atoms with Gasteiger partial charge in [-0.05, 0) is 24.1 Å². The number of aromatic hydroxyl groups is 1. The van der Waals surface area contributed by atoms with Gasteiger partial charge in [0, 0.05) is 12.1 Å². The molecule has 0 aromatic heterocycles. The molecule has 146 valence electrons. The highest BCUT2D eigenvalue weighted by Gasteiger charge is 2.45. The first-order valence-corrected chi connectivity index (χ1v) is 9.20. The molecule has 0 radical (unpaired) electrons. The van der Waals surface area contributed by atoms with E-state index >= 15 is 0 Å². The summed E-state index contributed by atoms with van der Waals surface area (Å²) in [4.78, 5) is 26.9. The van der Waals surface area contributed by atoms with E-state index < -0.39 is 17.7 Å². The van der Waals surface area contributed by atoms with Crippen molar-refractivity contribution in [2.24, 2.45) is 0 Å². The van der Waals surface area contributed by atoms with Crippen molar-refractivity contribution in [3.05, 3.63) is 65.2 Å². The average Bonchev–Trinajstić information content (AvgIpc) is 2.97. The van der Waals surface area contributed by atoms with Gasteiger partial charge in [-0.3, -0.25) is 9.59 Å². The molecular formula is C22H23NO5. The molecule has 1 aliphatic heterocycles. The minimum atomic E-state index is -0.774. The third kappa shape index (κ3) is 3.45. The first kappa shape index (κ1) is 19.5. The number of rotatable bonds is 6. The van der Waals surface area contributed by atoms with Crippen LogP contribution in [0, 0.1) is 0 Å². The molecule has 2 aromatic carbocycles. The largest absolute Gasteiger partial charge is 0.507 e. The molecule has 3 rings (SSSR count). The van der Waals surface area contributed by atoms with Crippen LogP contribution in [0.4, 0.5) is 0 Å². The number of likely N-dealkylation sites (tertiary alicyclic amines) is 1. The smallest absolute Gasteiger partial charge is 0.295 e. The molecule has 6 heteroatoms. The lowest BCUT2D eigenvalue weighted by molar-refractivity contribution is -0.139. The Balaban J connectivity index is 2.17. The van der Waals surface area contributed by atoms with E-state index in [4.69, 9.17) is 4.74 Å². The lowest BCUT2D eigenvalue weighted by Gasteiger charge is -2.25. The molecule has 2 N–H and O–H groups in total. The van der Waals surface area contributed by atoms with Crippen LogP contribution in [0.2, 0.25) is 0 Å². The maximum absolute atomic E-state index is 12.8. The summed E-state index contributed by atoms with van der Waals surface area (Å²) < 4.78 is 5.08. The third-order valence-corrected chi connectivity index (χ3v) is 4.86. The highest BCUT2D eigenvalue weighted by atomic mass is 16.5. The number of carbonyl (C=O) groups excluding carboxylic acids is 2. The number of aliphatic hydroxyl groups excluding tert-OH is 1. The van der Waals surface area contributed by atoms with Crippen LogP contribution in [0.5, 0.6) is 11.5 Å². The zero-order valence-corrected chi connectivity index (χ0v) is 15.9. The number of methoxy groups -OCH3 is 1. The zero-order valence-electron chi connectivity index (χ0n) is 15.9. The molecule has 1 heterocycles. The molecule has 6 nitrogen and oxygen atoms in total. The number of benzene rings is 2. The molecule has 1 fully saturated rings. The Morgan fingerprint density at radius 3 is 2.46 bits per heavy atom. The Morgan fingerprint density at radius 1 is 1.14 bits per heavy atom. The lowest BCUT2D eigenvalue weighted by atomic mass is 9.95. The summed E-state index contributed by atoms with van der Waals surface area (Å²) in [5, 5.41) is 21.0. The highest BCUT2D eigenvalue weighted by molar-refractivity contribution is 6.46. The second kappa shape index (κ2) is 8.17. The first-order chi connectivity index (χ1) is 13.5. The average molecular weight is 381 g/mol. The Morgan fingerprint density at radius 2 is 1.86 bits per heavy atom. The number of phenolic OH excluding ortho intramolecular Hbond substituents is 1. The van der Waals surface area contributed by atoms with Crippen molar-refractivity contribution in [1.29, 1.82) is 0 Å². The van der Waals surface area contributed by atoms with E-state index in [9.17, 15) is 19.8 Å². The van der Waals surface area contributed by atoms with Crippen LogP contribution < -0.4 is 4.74 Å². The number of ether oxygens (including phenoxy) is 1. The number of nitrogens with zero attached hydrogens (tertiary/aromatic N) is 1. The van der Waals surface area contributed by atoms with Gasteiger partial charge in [0.2, 0.25) is 0 Å². The maximum Gasteiger partial charge on any atom is 0.295 e. The van der Waals surface area contributed by atoms with Crippen LogP contribution in [-0.4, -0.2) is 40.5 Å². The summed E-state index contributed by atoms with van der Waals surface area (Å²) >= 11 is 0. The van der Waals surface area contributed by atoms with E-state index in [2.05, 4.69) is 0 Å². The van der Waals surface area contributed by atoms with Crippen molar-refractivity contribution in [3.8, 4) is 11.5 Å². The van der Waals surface area contributed by atoms with E-state index in [1.807, 2.05) is 6.92 Å². The van der Waals surface area contributed by atoms with Crippen LogP contribution in [-0.2, 0) is 9.59 Å². The highest BCUT2D eigenvalue weighted by Crippen LogP contribution is 2.41. The number of hydrogen-bond donors (Lipinski definition) is 2. The second-order valence-corrected chi connectivity index (χ2v) is 6.64. The molecule has 0 saturated carbocycles. The fraction of sp³-hybridized carbons (Fsp3) is 0.273. The Labute approximate surface area is 163 Å². The minimum absolute atomic E-state index is 0.0249. The standard InChI is InChI=1S/C22H23NO5/c1-3-4-12-23-19(15-10-11-17(28-2)16(24)13-15)18(21(26)22(23)27)20(25)14-8-6-5-7-9-14/h5-11,13,19,24-25H,3-4,12H2,1-2H3/b20-18-. The summed E-state index contributed by atoms with van der Waals surface area (Å²) in [6.45, 7) is 2.37. The van der Waals surface area contributed by atoms with Gasteiger partial charge in [0.15, 0.2) is 11.5 Å². The third-order valence-electron chi connectivity index (χ3n) is 4.86. The van der Waals surface area contributed by atoms with Crippen molar-refractivity contribution < 1.29 is 24.5 Å². The minimum Gasteiger partial charge on any atom is -0.507 e. The molecule has 1 aliphatic rings. The topological polar surface area (TPSA) is 87.1 Å². The van der Waals surface area contributed by atoms with E-state index in [1.54, 1.807) is 42.5 Å². The Bertz CT molecular complexity index is 920. The maximum atomic E-state index is 12.8. The van der Waals surface area contributed by atoms with Crippen LogP contribution >= 0.6 is 0 Å². The monoisotopic (exact) mass is 381 g/mol. The van der Waals surface area contributed by atoms with Crippen LogP contribution in [0.15, 0.2) is 54.1 Å². The number of unbranched alkanes of at least 4 members (excludes halogenated alkanes) is 1. The van der Waals surface area contributed by atoms with Crippen LogP contribution in [0.3, 0.4) is 0 Å². The number of ketones is 1. The zero-order chi connectivity index (χ0) is 20.3. The van der Waals surface area contributed by atoms with E-state index in [0.29, 0.717) is 17.7 Å². The van der Waals surface area contributed by atoms with Gasteiger partial charge < -0.3 is 19.8 Å². The summed E-state index contributed by atoms with van der Waals surface area (Å²) in [6.07, 6.45) is 1.57. The number of carbonyl (C=O) groups is 2. The number of Topliss-reactive ketones (excluding diaryl/α,β-unsaturated/α-hetero) is 1. The fourth-order valence-corrected chi connectivity index (χ4v) is 3.41. The van der Waals surface area contributed by atoms with Crippen molar-refractivity contribution >= 4 is 17.4 Å². The van der Waals surface area contributed by atoms with Gasteiger partial charge in [0.25, 0.3) is 11.7 Å². The molecular weight excluding hydrogens is 358 g/mol. The molecule has 2 aromatic rings. The van der Waals surface area contributed by atoms with Gasteiger partial charge in [-0.2, -0.15) is 0 Å². The summed E-state index contributed by atoms with van der Waals surface area (Å²) in [5.74, 6) is -1.40. The van der Waals surface area contributed by atoms with Crippen molar-refractivity contribution in [2.75, 3.05) is 13.7 Å². The fourth-order valence-electron chi connectivity index (χ4n) is 3.41. The summed E-state index contributed by atoms with van der Waals surface area (Å²) in [6, 6.07) is 12.6. The van der Waals surface area contributed by atoms with Gasteiger partial charge in [-0.25, -0.2) is 0 Å². The molecule has 1 unspecified atom stereocenters. The van der Waals surface area contributed by atoms with Crippen LogP contribution in [0.1, 0.15) is 36.9 Å². The SMILES string of the molecule is CCCCN1C(=O)C(=O)/C(=C(\O)c2ccccc2)C1c1ccc(OC)c(O)c1. The van der Waals surface area contributed by atoms with Gasteiger partial charge in [0.1, 0.15) is 5.76 Å². The molecule has 0 aliphatic carbocycles. The first-order valence-electron chi connectivity index (χ1n) is 9.20. The van der Waals surface area contributed by atoms with Gasteiger partial charge >= 0.3 is 0 Å². The second-order valence-electron chi connectivity index (χ2n) is 6.64. The van der Waals surface area contributed by atoms with Crippen molar-refractivity contribution in [2.45, 2.75) is 25.8 Å². The Kier molecular flexibility index (Phi) is 5.68. The molecule has 0 spiro atoms. The van der Waals surface area contributed by atoms with Gasteiger partial charge in [-0.1, -0.05) is 49.7 Å². The predicted molar refractivity (Wildman–Crippen MR) is 105 cm³/mol. The van der Waals surface area contributed by atoms with E-state index in [1.165, 1.54) is 18.1 Å². The van der Waals surface area contributed by atoms with Crippen molar-refractivity contribution in [3.63, 3.8) is 0 Å². The van der Waals surface area contributed by atoms with E-state index in [-0.39, 0.29) is 22.8 Å². The Hall–Kier alpha value is -3.28. The van der Waals surface area contributed by atoms with Crippen LogP contribution in [0.25, 0.3) is 5.76 Å². The molecule has 28 heavy (non-hydrogen) atoms. The number of hydrogen-bond acceptors (Lipinski definition) is 5. The molecule has 1 saturated heterocycles. The predicted octanol–water partition coefficient (Wildman–Crippen LogP) is 3.62. The quantitative estimate of drug-likeness (QED) is 0.453. The van der Waals surface area contributed by atoms with Crippen molar-refractivity contribution in [1.82, 2.24) is 4.90 Å². The molecule has 0 bridgehead atoms. The van der Waals surface area contributed by atoms with E-state index in [0.717, 1.165) is 12.8 Å². The summed E-state index contributed by atoms with van der Waals surface area (Å²) in [5.41, 5.74) is 1.02. The number of aliphatic hydroxyl groups is 1. The van der Waals surface area contributed by atoms with Gasteiger partial charge in [-0.15, -0.1) is 0 Å². The van der Waals surface area contributed by atoms with Gasteiger partial charge in [0.05, 0.1) is 18.7 Å². The lowest BCUT2D eigenvalue weighted by Crippen LogP contribution is -2.30. The molecule has 1 amide bonds.